The standard InChI is InChI=1S/C20H24N2O/c1-14-12-20-17(16-8-4-5-9-19(16)23-20)13-18(14)22-11-7-6-10-21(3)15(22)2/h4-5,8-9,12-13,15H,6-7,10-11H2,1-3H3. The molecule has 0 saturated carbocycles. The van der Waals surface area contributed by atoms with Crippen LogP contribution in [0.1, 0.15) is 25.3 Å². The van der Waals surface area contributed by atoms with Gasteiger partial charge in [-0.3, -0.25) is 4.90 Å². The normalized spacial score (nSPS) is 20.3. The lowest BCUT2D eigenvalue weighted by atomic mass is 10.1. The summed E-state index contributed by atoms with van der Waals surface area (Å²) < 4.78 is 6.02. The van der Waals surface area contributed by atoms with Gasteiger partial charge in [0.1, 0.15) is 11.2 Å². The van der Waals surface area contributed by atoms with Crippen molar-refractivity contribution in [2.24, 2.45) is 0 Å². The summed E-state index contributed by atoms with van der Waals surface area (Å²) in [5.74, 6) is 0. The van der Waals surface area contributed by atoms with Crippen molar-refractivity contribution >= 4 is 27.6 Å². The molecule has 0 N–H and O–H groups in total. The van der Waals surface area contributed by atoms with E-state index in [9.17, 15) is 0 Å². The molecule has 0 spiro atoms. The molecule has 3 heteroatoms. The van der Waals surface area contributed by atoms with E-state index in [1.807, 2.05) is 12.1 Å². The molecule has 2 heterocycles. The number of anilines is 1. The number of para-hydroxylation sites is 1. The van der Waals surface area contributed by atoms with Gasteiger partial charge >= 0.3 is 0 Å². The molecule has 1 aromatic heterocycles. The largest absolute Gasteiger partial charge is 0.456 e. The van der Waals surface area contributed by atoms with Crippen molar-refractivity contribution in [3.05, 3.63) is 42.0 Å². The molecule has 1 fully saturated rings. The Balaban J connectivity index is 1.88. The Morgan fingerprint density at radius 1 is 1.00 bits per heavy atom. The average molecular weight is 308 g/mol. The van der Waals surface area contributed by atoms with E-state index in [4.69, 9.17) is 4.42 Å². The lowest BCUT2D eigenvalue weighted by Crippen LogP contribution is -2.43. The predicted octanol–water partition coefficient (Wildman–Crippen LogP) is 4.77. The van der Waals surface area contributed by atoms with Gasteiger partial charge in [-0.25, -0.2) is 0 Å². The molecule has 120 valence electrons. The minimum Gasteiger partial charge on any atom is -0.456 e. The Hall–Kier alpha value is -2.00. The van der Waals surface area contributed by atoms with Crippen molar-refractivity contribution in [1.29, 1.82) is 0 Å². The van der Waals surface area contributed by atoms with Crippen LogP contribution >= 0.6 is 0 Å². The summed E-state index contributed by atoms with van der Waals surface area (Å²) in [6.07, 6.45) is 2.94. The SMILES string of the molecule is Cc1cc2oc3ccccc3c2cc1N1CCCCN(C)C1C. The zero-order valence-electron chi connectivity index (χ0n) is 14.2. The van der Waals surface area contributed by atoms with Crippen molar-refractivity contribution in [2.75, 3.05) is 25.0 Å². The molecule has 4 rings (SSSR count). The summed E-state index contributed by atoms with van der Waals surface area (Å²) in [5.41, 5.74) is 4.59. The number of hydrogen-bond donors (Lipinski definition) is 0. The highest BCUT2D eigenvalue weighted by atomic mass is 16.3. The predicted molar refractivity (Wildman–Crippen MR) is 97.1 cm³/mol. The second kappa shape index (κ2) is 5.57. The summed E-state index contributed by atoms with van der Waals surface area (Å²) >= 11 is 0. The van der Waals surface area contributed by atoms with Crippen LogP contribution in [0.3, 0.4) is 0 Å². The maximum Gasteiger partial charge on any atom is 0.135 e. The molecule has 0 aliphatic carbocycles. The highest BCUT2D eigenvalue weighted by Gasteiger charge is 2.23. The summed E-state index contributed by atoms with van der Waals surface area (Å²) in [6, 6.07) is 12.8. The monoisotopic (exact) mass is 308 g/mol. The third kappa shape index (κ3) is 2.40. The van der Waals surface area contributed by atoms with Gasteiger partial charge in [0.2, 0.25) is 0 Å². The molecule has 1 aliphatic rings. The molecule has 2 aromatic carbocycles. The molecule has 0 bridgehead atoms. The Labute approximate surface area is 137 Å². The summed E-state index contributed by atoms with van der Waals surface area (Å²) in [5, 5.41) is 2.43. The van der Waals surface area contributed by atoms with Crippen LogP contribution in [0.15, 0.2) is 40.8 Å². The van der Waals surface area contributed by atoms with Crippen LogP contribution in [-0.4, -0.2) is 31.2 Å². The molecule has 1 saturated heterocycles. The van der Waals surface area contributed by atoms with E-state index in [0.717, 1.165) is 17.7 Å². The average Bonchev–Trinajstić information content (AvgIpc) is 2.82. The van der Waals surface area contributed by atoms with Crippen LogP contribution in [0.5, 0.6) is 0 Å². The number of hydrogen-bond acceptors (Lipinski definition) is 3. The van der Waals surface area contributed by atoms with Gasteiger partial charge in [-0.2, -0.15) is 0 Å². The first-order valence-electron chi connectivity index (χ1n) is 8.54. The van der Waals surface area contributed by atoms with E-state index < -0.39 is 0 Å². The van der Waals surface area contributed by atoms with Gasteiger partial charge in [-0.05, 0) is 64.0 Å². The van der Waals surface area contributed by atoms with Gasteiger partial charge in [0.05, 0.1) is 6.17 Å². The second-order valence-electron chi connectivity index (χ2n) is 6.75. The molecule has 0 amide bonds. The van der Waals surface area contributed by atoms with E-state index in [1.54, 1.807) is 0 Å². The molecular formula is C20H24N2O. The fourth-order valence-corrected chi connectivity index (χ4v) is 3.75. The summed E-state index contributed by atoms with van der Waals surface area (Å²) in [7, 11) is 2.23. The number of rotatable bonds is 1. The first-order chi connectivity index (χ1) is 11.1. The van der Waals surface area contributed by atoms with E-state index in [1.165, 1.54) is 41.4 Å². The quantitative estimate of drug-likeness (QED) is 0.645. The third-order valence-corrected chi connectivity index (χ3v) is 5.25. The van der Waals surface area contributed by atoms with Crippen molar-refractivity contribution in [3.63, 3.8) is 0 Å². The Morgan fingerprint density at radius 2 is 1.78 bits per heavy atom. The molecule has 1 atom stereocenters. The minimum atomic E-state index is 0.423. The molecule has 1 aliphatic heterocycles. The van der Waals surface area contributed by atoms with E-state index in [-0.39, 0.29) is 0 Å². The van der Waals surface area contributed by atoms with E-state index >= 15 is 0 Å². The van der Waals surface area contributed by atoms with Crippen molar-refractivity contribution in [2.45, 2.75) is 32.9 Å². The van der Waals surface area contributed by atoms with Crippen LogP contribution < -0.4 is 4.90 Å². The van der Waals surface area contributed by atoms with Crippen molar-refractivity contribution < 1.29 is 4.42 Å². The van der Waals surface area contributed by atoms with Gasteiger partial charge in [-0.15, -0.1) is 0 Å². The van der Waals surface area contributed by atoms with E-state index in [0.29, 0.717) is 6.17 Å². The number of nitrogens with zero attached hydrogens (tertiary/aromatic N) is 2. The molecule has 23 heavy (non-hydrogen) atoms. The number of aryl methyl sites for hydroxylation is 1. The first-order valence-corrected chi connectivity index (χ1v) is 8.54. The molecule has 3 aromatic rings. The summed E-state index contributed by atoms with van der Waals surface area (Å²) in [6.45, 7) is 6.79. The minimum absolute atomic E-state index is 0.423. The number of fused-ring (bicyclic) bond motifs is 3. The fraction of sp³-hybridized carbons (Fsp3) is 0.400. The zero-order valence-corrected chi connectivity index (χ0v) is 14.2. The van der Waals surface area contributed by atoms with E-state index in [2.05, 4.69) is 55.0 Å². The van der Waals surface area contributed by atoms with Gasteiger partial charge in [-0.1, -0.05) is 18.2 Å². The maximum atomic E-state index is 6.02. The van der Waals surface area contributed by atoms with Crippen LogP contribution in [0.4, 0.5) is 5.69 Å². The highest BCUT2D eigenvalue weighted by molar-refractivity contribution is 6.06. The van der Waals surface area contributed by atoms with Crippen LogP contribution in [0.2, 0.25) is 0 Å². The van der Waals surface area contributed by atoms with Gasteiger partial charge in [0, 0.05) is 23.0 Å². The van der Waals surface area contributed by atoms with Crippen molar-refractivity contribution in [1.82, 2.24) is 4.90 Å². The van der Waals surface area contributed by atoms with Gasteiger partial charge in [0.25, 0.3) is 0 Å². The Morgan fingerprint density at radius 3 is 2.65 bits per heavy atom. The maximum absolute atomic E-state index is 6.02. The van der Waals surface area contributed by atoms with Crippen LogP contribution in [0.25, 0.3) is 21.9 Å². The number of benzene rings is 2. The van der Waals surface area contributed by atoms with Crippen LogP contribution in [0, 0.1) is 6.92 Å². The zero-order chi connectivity index (χ0) is 16.0. The Bertz CT molecular complexity index is 851. The molecule has 0 radical (unpaired) electrons. The van der Waals surface area contributed by atoms with Crippen molar-refractivity contribution in [3.8, 4) is 0 Å². The summed E-state index contributed by atoms with van der Waals surface area (Å²) in [4.78, 5) is 4.99. The van der Waals surface area contributed by atoms with Crippen LogP contribution in [-0.2, 0) is 0 Å². The fourth-order valence-electron chi connectivity index (χ4n) is 3.75. The molecule has 1 unspecified atom stereocenters. The second-order valence-corrected chi connectivity index (χ2v) is 6.75. The van der Waals surface area contributed by atoms with Gasteiger partial charge < -0.3 is 9.32 Å². The third-order valence-electron chi connectivity index (χ3n) is 5.25. The molecular weight excluding hydrogens is 284 g/mol. The molecule has 3 nitrogen and oxygen atoms in total. The topological polar surface area (TPSA) is 19.6 Å². The number of furan rings is 1. The van der Waals surface area contributed by atoms with Gasteiger partial charge in [0.15, 0.2) is 0 Å². The first kappa shape index (κ1) is 14.6. The smallest absolute Gasteiger partial charge is 0.135 e. The Kier molecular flexibility index (Phi) is 3.53. The highest BCUT2D eigenvalue weighted by Crippen LogP contribution is 2.35. The lowest BCUT2D eigenvalue weighted by molar-refractivity contribution is 0.267. The lowest BCUT2D eigenvalue weighted by Gasteiger charge is -2.35.